The molecular weight excluding hydrogens is 307 g/mol. The van der Waals surface area contributed by atoms with E-state index in [1.54, 1.807) is 12.1 Å². The number of benzene rings is 2. The first-order chi connectivity index (χ1) is 11.7. The summed E-state index contributed by atoms with van der Waals surface area (Å²) in [6.45, 7) is 3.80. The lowest BCUT2D eigenvalue weighted by Crippen LogP contribution is -2.43. The van der Waals surface area contributed by atoms with Gasteiger partial charge in [0.15, 0.2) is 0 Å². The summed E-state index contributed by atoms with van der Waals surface area (Å²) in [5.74, 6) is -0.465. The minimum Gasteiger partial charge on any atom is -0.426 e. The smallest absolute Gasteiger partial charge is 0.319 e. The molecule has 1 atom stereocenters. The average Bonchev–Trinajstić information content (AvgIpc) is 2.61. The van der Waals surface area contributed by atoms with Crippen molar-refractivity contribution in [1.29, 1.82) is 0 Å². The fourth-order valence-corrected chi connectivity index (χ4v) is 3.39. The highest BCUT2D eigenvalue weighted by Crippen LogP contribution is 2.36. The van der Waals surface area contributed by atoms with Crippen molar-refractivity contribution in [3.8, 4) is 5.75 Å². The lowest BCUT2D eigenvalue weighted by Gasteiger charge is -2.31. The highest BCUT2D eigenvalue weighted by Gasteiger charge is 2.30. The zero-order chi connectivity index (χ0) is 16.5. The molecule has 2 aromatic rings. The molecule has 1 fully saturated rings. The number of hydrogen-bond acceptors (Lipinski definition) is 4. The second-order valence-corrected chi connectivity index (χ2v) is 6.26. The largest absolute Gasteiger partial charge is 0.426 e. The minimum absolute atomic E-state index is 0.314. The Kier molecular flexibility index (Phi) is 3.94. The van der Waals surface area contributed by atoms with Crippen molar-refractivity contribution in [2.75, 3.05) is 31.1 Å². The Morgan fingerprint density at radius 2 is 1.96 bits per heavy atom. The molecule has 0 radical (unpaired) electrons. The highest BCUT2D eigenvalue weighted by atomic mass is 19.1. The molecular formula is C19H19FN2O2. The highest BCUT2D eigenvalue weighted by molar-refractivity contribution is 5.83. The third-order valence-electron chi connectivity index (χ3n) is 4.70. The molecule has 0 aromatic heterocycles. The first kappa shape index (κ1) is 15.1. The molecule has 0 aliphatic carbocycles. The SMILES string of the molecule is O=C1Oc2cc(N3CCNCC3)ccc2CC1c1cccc(F)c1. The van der Waals surface area contributed by atoms with Crippen LogP contribution in [0.4, 0.5) is 10.1 Å². The van der Waals surface area contributed by atoms with Gasteiger partial charge in [0.25, 0.3) is 0 Å². The zero-order valence-corrected chi connectivity index (χ0v) is 13.3. The minimum atomic E-state index is -0.446. The van der Waals surface area contributed by atoms with Crippen molar-refractivity contribution < 1.29 is 13.9 Å². The molecule has 4 rings (SSSR count). The van der Waals surface area contributed by atoms with Crippen LogP contribution in [0.1, 0.15) is 17.0 Å². The lowest BCUT2D eigenvalue weighted by atomic mass is 9.89. The number of nitrogens with one attached hydrogen (secondary N) is 1. The molecule has 5 heteroatoms. The monoisotopic (exact) mass is 326 g/mol. The van der Waals surface area contributed by atoms with Crippen LogP contribution in [0.2, 0.25) is 0 Å². The maximum Gasteiger partial charge on any atom is 0.319 e. The second-order valence-electron chi connectivity index (χ2n) is 6.26. The van der Waals surface area contributed by atoms with Gasteiger partial charge in [0.2, 0.25) is 0 Å². The molecule has 1 N–H and O–H groups in total. The molecule has 2 heterocycles. The predicted octanol–water partition coefficient (Wildman–Crippen LogP) is 2.48. The number of carbonyl (C=O) groups excluding carboxylic acids is 1. The topological polar surface area (TPSA) is 41.6 Å². The van der Waals surface area contributed by atoms with Gasteiger partial charge in [-0.15, -0.1) is 0 Å². The molecule has 1 unspecified atom stereocenters. The third kappa shape index (κ3) is 2.87. The Morgan fingerprint density at radius 3 is 2.75 bits per heavy atom. The van der Waals surface area contributed by atoms with Crippen LogP contribution in [0.15, 0.2) is 42.5 Å². The maximum absolute atomic E-state index is 13.4. The van der Waals surface area contributed by atoms with Gasteiger partial charge in [0, 0.05) is 37.9 Å². The van der Waals surface area contributed by atoms with E-state index >= 15 is 0 Å². The number of rotatable bonds is 2. The molecule has 4 nitrogen and oxygen atoms in total. The fraction of sp³-hybridized carbons (Fsp3) is 0.316. The quantitative estimate of drug-likeness (QED) is 0.680. The molecule has 0 spiro atoms. The molecule has 2 aliphatic heterocycles. The summed E-state index contributed by atoms with van der Waals surface area (Å²) >= 11 is 0. The lowest BCUT2D eigenvalue weighted by molar-refractivity contribution is -0.137. The van der Waals surface area contributed by atoms with E-state index in [4.69, 9.17) is 4.74 Å². The summed E-state index contributed by atoms with van der Waals surface area (Å²) in [5, 5.41) is 3.32. The number of nitrogens with zero attached hydrogens (tertiary/aromatic N) is 1. The summed E-state index contributed by atoms with van der Waals surface area (Å²) in [5.41, 5.74) is 2.73. The van der Waals surface area contributed by atoms with Crippen molar-refractivity contribution in [2.45, 2.75) is 12.3 Å². The van der Waals surface area contributed by atoms with Gasteiger partial charge in [0.1, 0.15) is 11.6 Å². The van der Waals surface area contributed by atoms with Gasteiger partial charge >= 0.3 is 5.97 Å². The molecule has 2 aromatic carbocycles. The van der Waals surface area contributed by atoms with Crippen LogP contribution in [0, 0.1) is 5.82 Å². The van der Waals surface area contributed by atoms with Crippen LogP contribution in [0.3, 0.4) is 0 Å². The molecule has 0 bridgehead atoms. The van der Waals surface area contributed by atoms with E-state index in [9.17, 15) is 9.18 Å². The summed E-state index contributed by atoms with van der Waals surface area (Å²) in [6.07, 6.45) is 0.541. The third-order valence-corrected chi connectivity index (χ3v) is 4.70. The first-order valence-electron chi connectivity index (χ1n) is 8.26. The predicted molar refractivity (Wildman–Crippen MR) is 90.0 cm³/mol. The Labute approximate surface area is 140 Å². The zero-order valence-electron chi connectivity index (χ0n) is 13.3. The maximum atomic E-state index is 13.4. The summed E-state index contributed by atoms with van der Waals surface area (Å²) in [4.78, 5) is 14.7. The van der Waals surface area contributed by atoms with Gasteiger partial charge < -0.3 is 15.0 Å². The van der Waals surface area contributed by atoms with Crippen LogP contribution in [-0.4, -0.2) is 32.1 Å². The van der Waals surface area contributed by atoms with Crippen molar-refractivity contribution >= 4 is 11.7 Å². The van der Waals surface area contributed by atoms with Crippen molar-refractivity contribution in [1.82, 2.24) is 5.32 Å². The average molecular weight is 326 g/mol. The molecule has 2 aliphatic rings. The van der Waals surface area contributed by atoms with E-state index in [0.717, 1.165) is 37.4 Å². The second kappa shape index (κ2) is 6.24. The standard InChI is InChI=1S/C19H19FN2O2/c20-15-3-1-2-13(10-15)17-11-14-4-5-16(12-18(14)24-19(17)23)22-8-6-21-7-9-22/h1-5,10,12,17,21H,6-9,11H2. The van der Waals surface area contributed by atoms with E-state index in [1.807, 2.05) is 12.1 Å². The molecule has 124 valence electrons. The van der Waals surface area contributed by atoms with Gasteiger partial charge in [0.05, 0.1) is 5.92 Å². The molecule has 24 heavy (non-hydrogen) atoms. The van der Waals surface area contributed by atoms with Crippen molar-refractivity contribution in [3.05, 3.63) is 59.4 Å². The number of fused-ring (bicyclic) bond motifs is 1. The first-order valence-corrected chi connectivity index (χ1v) is 8.26. The van der Waals surface area contributed by atoms with E-state index in [-0.39, 0.29) is 11.8 Å². The molecule has 1 saturated heterocycles. The summed E-state index contributed by atoms with van der Waals surface area (Å²) in [7, 11) is 0. The van der Waals surface area contributed by atoms with Crippen molar-refractivity contribution in [3.63, 3.8) is 0 Å². The Morgan fingerprint density at radius 1 is 1.12 bits per heavy atom. The molecule has 0 amide bonds. The van der Waals surface area contributed by atoms with Crippen molar-refractivity contribution in [2.24, 2.45) is 0 Å². The number of esters is 1. The number of ether oxygens (including phenoxy) is 1. The number of anilines is 1. The van der Waals surface area contributed by atoms with Crippen LogP contribution in [0.25, 0.3) is 0 Å². The van der Waals surface area contributed by atoms with Crippen LogP contribution in [0.5, 0.6) is 5.75 Å². The van der Waals surface area contributed by atoms with E-state index < -0.39 is 5.92 Å². The fourth-order valence-electron chi connectivity index (χ4n) is 3.39. The van der Waals surface area contributed by atoms with E-state index in [1.165, 1.54) is 12.1 Å². The summed E-state index contributed by atoms with van der Waals surface area (Å²) < 4.78 is 19.0. The Hall–Kier alpha value is -2.40. The number of halogens is 1. The number of carbonyl (C=O) groups is 1. The normalized spacial score (nSPS) is 20.5. The van der Waals surface area contributed by atoms with Gasteiger partial charge in [-0.1, -0.05) is 18.2 Å². The summed E-state index contributed by atoms with van der Waals surface area (Å²) in [6, 6.07) is 12.2. The van der Waals surface area contributed by atoms with Crippen LogP contribution < -0.4 is 15.0 Å². The van der Waals surface area contributed by atoms with Gasteiger partial charge in [-0.05, 0) is 35.7 Å². The van der Waals surface area contributed by atoms with Crippen LogP contribution in [-0.2, 0) is 11.2 Å². The van der Waals surface area contributed by atoms with E-state index in [0.29, 0.717) is 17.7 Å². The Balaban J connectivity index is 1.60. The number of hydrogen-bond donors (Lipinski definition) is 1. The van der Waals surface area contributed by atoms with Crippen LogP contribution >= 0.6 is 0 Å². The van der Waals surface area contributed by atoms with E-state index in [2.05, 4.69) is 16.3 Å². The van der Waals surface area contributed by atoms with Gasteiger partial charge in [-0.3, -0.25) is 4.79 Å². The number of piperazine rings is 1. The van der Waals surface area contributed by atoms with Gasteiger partial charge in [-0.2, -0.15) is 0 Å². The molecule has 0 saturated carbocycles. The van der Waals surface area contributed by atoms with Gasteiger partial charge in [-0.25, -0.2) is 4.39 Å². The Bertz CT molecular complexity index is 772.